The summed E-state index contributed by atoms with van der Waals surface area (Å²) in [5.41, 5.74) is 0.979. The zero-order chi connectivity index (χ0) is 19.4. The van der Waals surface area contributed by atoms with Crippen LogP contribution in [0.4, 0.5) is 4.79 Å². The van der Waals surface area contributed by atoms with Crippen LogP contribution in [-0.2, 0) is 14.3 Å². The van der Waals surface area contributed by atoms with Crippen LogP contribution in [0.2, 0.25) is 0 Å². The van der Waals surface area contributed by atoms with Crippen molar-refractivity contribution in [3.05, 3.63) is 23.8 Å². The summed E-state index contributed by atoms with van der Waals surface area (Å²) < 4.78 is 11.7. The molecule has 0 spiro atoms. The Bertz CT molecular complexity index is 634. The van der Waals surface area contributed by atoms with E-state index in [0.717, 1.165) is 43.0 Å². The van der Waals surface area contributed by atoms with Gasteiger partial charge < -0.3 is 19.9 Å². The molecule has 150 valence electrons. The van der Waals surface area contributed by atoms with Crippen LogP contribution in [0.25, 0.3) is 0 Å². The molecule has 27 heavy (non-hydrogen) atoms. The molecule has 0 aromatic carbocycles. The standard InChI is InChI=1S/C20H29NO5S/c1-13-5-3-4-6-14(2)9-18(22)25-16-10-15(8-7-13)26-20(24,11-16)17-12-27-19(23)21-17/h3,5,9,13,15-17,24H,4,6-8,10-12H2,1-2H3,(H,21,23)/t13-,15-,16-,17+,20-/m1/s1. The van der Waals surface area contributed by atoms with E-state index in [1.807, 2.05) is 6.92 Å². The number of thioether (sulfide) groups is 1. The second-order valence-electron chi connectivity index (χ2n) is 7.89. The molecule has 2 bridgehead atoms. The molecule has 0 aromatic rings. The van der Waals surface area contributed by atoms with Gasteiger partial charge in [0.25, 0.3) is 5.24 Å². The molecule has 2 saturated heterocycles. The first-order valence-corrected chi connectivity index (χ1v) is 10.7. The first kappa shape index (κ1) is 20.4. The Hall–Kier alpha value is -1.31. The highest BCUT2D eigenvalue weighted by atomic mass is 32.2. The molecule has 7 heteroatoms. The van der Waals surface area contributed by atoms with Gasteiger partial charge >= 0.3 is 5.97 Å². The van der Waals surface area contributed by atoms with Crippen molar-refractivity contribution in [1.29, 1.82) is 0 Å². The minimum atomic E-state index is -1.51. The lowest BCUT2D eigenvalue weighted by Crippen LogP contribution is -2.58. The highest BCUT2D eigenvalue weighted by Gasteiger charge is 2.49. The van der Waals surface area contributed by atoms with E-state index < -0.39 is 17.9 Å². The van der Waals surface area contributed by atoms with E-state index in [0.29, 0.717) is 18.1 Å². The van der Waals surface area contributed by atoms with Gasteiger partial charge in [0.05, 0.1) is 12.1 Å². The van der Waals surface area contributed by atoms with E-state index >= 15 is 0 Å². The van der Waals surface area contributed by atoms with Crippen molar-refractivity contribution in [3.63, 3.8) is 0 Å². The minimum absolute atomic E-state index is 0.160. The third kappa shape index (κ3) is 5.59. The lowest BCUT2D eigenvalue weighted by molar-refractivity contribution is -0.283. The Kier molecular flexibility index (Phi) is 6.65. The Morgan fingerprint density at radius 3 is 2.85 bits per heavy atom. The molecule has 0 saturated carbocycles. The number of rotatable bonds is 1. The number of fused-ring (bicyclic) bond motifs is 2. The topological polar surface area (TPSA) is 84.9 Å². The van der Waals surface area contributed by atoms with Gasteiger partial charge in [0.15, 0.2) is 5.79 Å². The highest BCUT2D eigenvalue weighted by Crippen LogP contribution is 2.37. The Morgan fingerprint density at radius 2 is 2.11 bits per heavy atom. The summed E-state index contributed by atoms with van der Waals surface area (Å²) in [6.07, 6.45) is 9.42. The van der Waals surface area contributed by atoms with E-state index in [-0.39, 0.29) is 23.7 Å². The molecular weight excluding hydrogens is 366 g/mol. The van der Waals surface area contributed by atoms with Gasteiger partial charge in [-0.05, 0) is 38.5 Å². The van der Waals surface area contributed by atoms with Crippen LogP contribution in [0.15, 0.2) is 23.8 Å². The zero-order valence-electron chi connectivity index (χ0n) is 16.0. The molecule has 3 aliphatic rings. The quantitative estimate of drug-likeness (QED) is 0.523. The van der Waals surface area contributed by atoms with Crippen molar-refractivity contribution in [2.75, 3.05) is 5.75 Å². The number of ether oxygens (including phenoxy) is 2. The molecule has 6 nitrogen and oxygen atoms in total. The van der Waals surface area contributed by atoms with E-state index in [9.17, 15) is 14.7 Å². The van der Waals surface area contributed by atoms with Gasteiger partial charge in [-0.25, -0.2) is 4.79 Å². The number of esters is 1. The maximum Gasteiger partial charge on any atom is 0.330 e. The molecule has 0 aromatic heterocycles. The van der Waals surface area contributed by atoms with Crippen LogP contribution in [0.5, 0.6) is 0 Å². The third-order valence-corrected chi connectivity index (χ3v) is 6.28. The molecule has 2 N–H and O–H groups in total. The zero-order valence-corrected chi connectivity index (χ0v) is 16.8. The number of nitrogens with one attached hydrogen (secondary N) is 1. The Morgan fingerprint density at radius 1 is 1.30 bits per heavy atom. The monoisotopic (exact) mass is 395 g/mol. The van der Waals surface area contributed by atoms with Gasteiger partial charge in [-0.1, -0.05) is 36.4 Å². The summed E-state index contributed by atoms with van der Waals surface area (Å²) >= 11 is 1.14. The van der Waals surface area contributed by atoms with Crippen LogP contribution >= 0.6 is 11.8 Å². The summed E-state index contributed by atoms with van der Waals surface area (Å²) in [5, 5.41) is 13.7. The van der Waals surface area contributed by atoms with Crippen molar-refractivity contribution in [2.45, 2.75) is 76.4 Å². The second-order valence-corrected chi connectivity index (χ2v) is 8.88. The molecule has 3 rings (SSSR count). The van der Waals surface area contributed by atoms with Crippen LogP contribution < -0.4 is 5.32 Å². The Balaban J connectivity index is 1.78. The lowest BCUT2D eigenvalue weighted by Gasteiger charge is -2.43. The van der Waals surface area contributed by atoms with Gasteiger partial charge in [-0.15, -0.1) is 0 Å². The Labute approximate surface area is 164 Å². The molecule has 2 fully saturated rings. The predicted molar refractivity (Wildman–Crippen MR) is 104 cm³/mol. The lowest BCUT2D eigenvalue weighted by atomic mass is 9.90. The smallest absolute Gasteiger partial charge is 0.330 e. The fourth-order valence-corrected chi connectivity index (χ4v) is 4.75. The molecule has 3 aliphatic heterocycles. The second kappa shape index (κ2) is 8.80. The fourth-order valence-electron chi connectivity index (χ4n) is 3.86. The van der Waals surface area contributed by atoms with E-state index in [2.05, 4.69) is 24.4 Å². The number of carbonyl (C=O) groups is 2. The maximum atomic E-state index is 12.3. The molecule has 5 atom stereocenters. The molecule has 0 radical (unpaired) electrons. The summed E-state index contributed by atoms with van der Waals surface area (Å²) in [7, 11) is 0. The van der Waals surface area contributed by atoms with E-state index in [1.54, 1.807) is 6.08 Å². The fraction of sp³-hybridized carbons (Fsp3) is 0.700. The van der Waals surface area contributed by atoms with Crippen molar-refractivity contribution >= 4 is 23.0 Å². The summed E-state index contributed by atoms with van der Waals surface area (Å²) in [5.74, 6) is -1.03. The predicted octanol–water partition coefficient (Wildman–Crippen LogP) is 3.30. The molecule has 1 amide bonds. The van der Waals surface area contributed by atoms with E-state index in [1.165, 1.54) is 0 Å². The summed E-state index contributed by atoms with van der Waals surface area (Å²) in [6.45, 7) is 4.10. The summed E-state index contributed by atoms with van der Waals surface area (Å²) in [4.78, 5) is 23.9. The van der Waals surface area contributed by atoms with Gasteiger partial charge in [0.1, 0.15) is 6.10 Å². The molecule has 0 aliphatic carbocycles. The van der Waals surface area contributed by atoms with Crippen molar-refractivity contribution in [1.82, 2.24) is 5.32 Å². The van der Waals surface area contributed by atoms with Crippen molar-refractivity contribution in [2.24, 2.45) is 5.92 Å². The van der Waals surface area contributed by atoms with E-state index in [4.69, 9.17) is 9.47 Å². The van der Waals surface area contributed by atoms with Crippen molar-refractivity contribution in [3.8, 4) is 0 Å². The van der Waals surface area contributed by atoms with Gasteiger partial charge in [-0.3, -0.25) is 4.79 Å². The average Bonchev–Trinajstić information content (AvgIpc) is 3.03. The number of amides is 1. The first-order chi connectivity index (χ1) is 12.8. The number of carbonyl (C=O) groups excluding carboxylic acids is 2. The third-order valence-electron chi connectivity index (χ3n) is 5.40. The number of hydrogen-bond acceptors (Lipinski definition) is 6. The minimum Gasteiger partial charge on any atom is -0.459 e. The number of allylic oxidation sites excluding steroid dienone is 3. The van der Waals surface area contributed by atoms with Crippen LogP contribution in [0.1, 0.15) is 52.4 Å². The first-order valence-electron chi connectivity index (χ1n) is 9.72. The largest absolute Gasteiger partial charge is 0.459 e. The van der Waals surface area contributed by atoms with Crippen LogP contribution in [0, 0.1) is 5.92 Å². The van der Waals surface area contributed by atoms with Crippen LogP contribution in [0.3, 0.4) is 0 Å². The normalized spacial score (nSPS) is 38.6. The number of hydrogen-bond donors (Lipinski definition) is 2. The molecule has 3 heterocycles. The van der Waals surface area contributed by atoms with Crippen LogP contribution in [-0.4, -0.2) is 46.1 Å². The van der Waals surface area contributed by atoms with Gasteiger partial charge in [0.2, 0.25) is 0 Å². The average molecular weight is 396 g/mol. The molecule has 0 unspecified atom stereocenters. The van der Waals surface area contributed by atoms with Crippen molar-refractivity contribution < 1.29 is 24.2 Å². The molecular formula is C20H29NO5S. The summed E-state index contributed by atoms with van der Waals surface area (Å²) in [6, 6.07) is -0.493. The number of aliphatic hydroxyl groups is 1. The van der Waals surface area contributed by atoms with Gasteiger partial charge in [0, 0.05) is 24.7 Å². The maximum absolute atomic E-state index is 12.3. The van der Waals surface area contributed by atoms with Gasteiger partial charge in [-0.2, -0.15) is 0 Å². The highest BCUT2D eigenvalue weighted by molar-refractivity contribution is 8.14. The SMILES string of the molecule is CC1=CC(=O)O[C@@H]2C[C@@H](CC[C@H](C)C=CCC1)O[C@@](O)([C@@H]1CSC(=O)N1)C2.